The van der Waals surface area contributed by atoms with Crippen LogP contribution in [0.25, 0.3) is 4.85 Å². The zero-order chi connectivity index (χ0) is 24.5. The van der Waals surface area contributed by atoms with Crippen LogP contribution in [0.2, 0.25) is 0 Å². The van der Waals surface area contributed by atoms with Crippen molar-refractivity contribution in [3.63, 3.8) is 0 Å². The Labute approximate surface area is 193 Å². The van der Waals surface area contributed by atoms with E-state index in [0.717, 1.165) is 6.42 Å². The van der Waals surface area contributed by atoms with Crippen molar-refractivity contribution < 1.29 is 14.7 Å². The van der Waals surface area contributed by atoms with Crippen molar-refractivity contribution >= 4 is 11.9 Å². The van der Waals surface area contributed by atoms with Gasteiger partial charge >= 0.3 is 11.6 Å². The molecule has 0 aliphatic carbocycles. The Morgan fingerprint density at radius 1 is 1.09 bits per heavy atom. The Kier molecular flexibility index (Phi) is 14.9. The standard InChI is InChI=1S/C24H41N5O3/c1-6-7-8-9-10-11-12-13-20(2)18-27-21(30)14-16-23(3,19-25)28-29-24(4,26-5)17-15-22(31)32/h20H,6-18H2,1-4H3,(H,27,30)(H,31,32). The van der Waals surface area contributed by atoms with Gasteiger partial charge in [-0.2, -0.15) is 10.4 Å². The topological polar surface area (TPSA) is 119 Å². The number of hydrogen-bond acceptors (Lipinski definition) is 5. The number of hydrogen-bond donors (Lipinski definition) is 2. The number of carboxylic acid groups (broad SMARTS) is 1. The first-order valence-corrected chi connectivity index (χ1v) is 11.8. The van der Waals surface area contributed by atoms with E-state index in [4.69, 9.17) is 11.7 Å². The van der Waals surface area contributed by atoms with Crippen LogP contribution in [0.4, 0.5) is 0 Å². The predicted molar refractivity (Wildman–Crippen MR) is 125 cm³/mol. The van der Waals surface area contributed by atoms with Gasteiger partial charge in [0.25, 0.3) is 0 Å². The number of azo groups is 1. The fourth-order valence-electron chi connectivity index (χ4n) is 3.10. The van der Waals surface area contributed by atoms with Gasteiger partial charge in [-0.25, -0.2) is 6.57 Å². The van der Waals surface area contributed by atoms with E-state index in [-0.39, 0.29) is 31.6 Å². The molecule has 0 spiro atoms. The van der Waals surface area contributed by atoms with E-state index < -0.39 is 17.2 Å². The quantitative estimate of drug-likeness (QED) is 0.154. The van der Waals surface area contributed by atoms with Gasteiger partial charge in [0, 0.05) is 19.9 Å². The average Bonchev–Trinajstić information content (AvgIpc) is 2.78. The summed E-state index contributed by atoms with van der Waals surface area (Å²) in [5.41, 5.74) is -2.57. The van der Waals surface area contributed by atoms with Gasteiger partial charge in [0.05, 0.1) is 18.9 Å². The summed E-state index contributed by atoms with van der Waals surface area (Å²) in [4.78, 5) is 26.3. The van der Waals surface area contributed by atoms with Crippen LogP contribution < -0.4 is 5.32 Å². The molecule has 180 valence electrons. The number of carboxylic acids is 1. The van der Waals surface area contributed by atoms with Crippen LogP contribution in [0.5, 0.6) is 0 Å². The highest BCUT2D eigenvalue weighted by atomic mass is 16.4. The van der Waals surface area contributed by atoms with Gasteiger partial charge in [0.1, 0.15) is 0 Å². The Morgan fingerprint density at radius 2 is 1.72 bits per heavy atom. The first-order chi connectivity index (χ1) is 15.1. The van der Waals surface area contributed by atoms with Crippen LogP contribution in [0, 0.1) is 23.8 Å². The van der Waals surface area contributed by atoms with Crippen LogP contribution in [0.1, 0.15) is 105 Å². The van der Waals surface area contributed by atoms with Crippen molar-refractivity contribution in [1.29, 1.82) is 5.26 Å². The normalized spacial score (nSPS) is 15.8. The monoisotopic (exact) mass is 447 g/mol. The molecule has 0 bridgehead atoms. The Bertz CT molecular complexity index is 682. The Balaban J connectivity index is 4.35. The molecule has 8 heteroatoms. The summed E-state index contributed by atoms with van der Waals surface area (Å²) in [6, 6.07) is 2.05. The Morgan fingerprint density at radius 3 is 2.28 bits per heavy atom. The summed E-state index contributed by atoms with van der Waals surface area (Å²) < 4.78 is 0. The van der Waals surface area contributed by atoms with E-state index >= 15 is 0 Å². The molecule has 3 atom stereocenters. The molecule has 0 heterocycles. The third-order valence-corrected chi connectivity index (χ3v) is 5.57. The second-order valence-electron chi connectivity index (χ2n) is 9.13. The molecule has 0 saturated heterocycles. The average molecular weight is 448 g/mol. The molecule has 1 amide bonds. The van der Waals surface area contributed by atoms with Crippen LogP contribution in [-0.4, -0.2) is 34.7 Å². The lowest BCUT2D eigenvalue weighted by molar-refractivity contribution is -0.137. The fourth-order valence-corrected chi connectivity index (χ4v) is 3.10. The van der Waals surface area contributed by atoms with E-state index in [1.54, 1.807) is 6.92 Å². The fraction of sp³-hybridized carbons (Fsp3) is 0.833. The molecule has 0 radical (unpaired) electrons. The number of nitrogens with zero attached hydrogens (tertiary/aromatic N) is 4. The van der Waals surface area contributed by atoms with Crippen LogP contribution in [0.3, 0.4) is 0 Å². The van der Waals surface area contributed by atoms with Crippen LogP contribution >= 0.6 is 0 Å². The second-order valence-corrected chi connectivity index (χ2v) is 9.13. The molecule has 0 aromatic carbocycles. The maximum absolute atomic E-state index is 12.2. The Hall–Kier alpha value is -2.48. The summed E-state index contributed by atoms with van der Waals surface area (Å²) in [7, 11) is 0. The molecule has 3 unspecified atom stereocenters. The lowest BCUT2D eigenvalue weighted by atomic mass is 9.98. The summed E-state index contributed by atoms with van der Waals surface area (Å²) in [6.45, 7) is 15.3. The minimum Gasteiger partial charge on any atom is -0.481 e. The summed E-state index contributed by atoms with van der Waals surface area (Å²) in [6.07, 6.45) is 10.1. The van der Waals surface area contributed by atoms with Gasteiger partial charge < -0.3 is 10.4 Å². The highest BCUT2D eigenvalue weighted by molar-refractivity contribution is 5.76. The van der Waals surface area contributed by atoms with Crippen LogP contribution in [0.15, 0.2) is 10.2 Å². The SMILES string of the molecule is [C-]#[N+]C(C)(CCC(=O)O)N=NC(C)(C#N)CCC(=O)NCC(C)CCCCCCCCC. The number of unbranched alkanes of at least 4 members (excludes halogenated alkanes) is 6. The largest absolute Gasteiger partial charge is 0.481 e. The maximum atomic E-state index is 12.2. The molecule has 0 saturated carbocycles. The molecule has 32 heavy (non-hydrogen) atoms. The number of nitriles is 1. The number of carbonyl (C=O) groups is 2. The molecular weight excluding hydrogens is 406 g/mol. The summed E-state index contributed by atoms with van der Waals surface area (Å²) in [5.74, 6) is -0.742. The highest BCUT2D eigenvalue weighted by Crippen LogP contribution is 2.25. The van der Waals surface area contributed by atoms with Crippen molar-refractivity contribution in [3.05, 3.63) is 11.4 Å². The van der Waals surface area contributed by atoms with Gasteiger partial charge in [0.15, 0.2) is 5.54 Å². The lowest BCUT2D eigenvalue weighted by Crippen LogP contribution is -2.30. The number of amides is 1. The van der Waals surface area contributed by atoms with Crippen molar-refractivity contribution in [2.24, 2.45) is 16.1 Å². The molecule has 2 N–H and O–H groups in total. The maximum Gasteiger partial charge on any atom is 0.338 e. The van der Waals surface area contributed by atoms with Gasteiger partial charge in [-0.05, 0) is 25.7 Å². The lowest BCUT2D eigenvalue weighted by Gasteiger charge is -2.17. The molecule has 0 aromatic heterocycles. The van der Waals surface area contributed by atoms with Gasteiger partial charge in [-0.3, -0.25) is 14.4 Å². The molecule has 0 aliphatic heterocycles. The first kappa shape index (κ1) is 29.5. The van der Waals surface area contributed by atoms with Crippen molar-refractivity contribution in [2.45, 2.75) is 116 Å². The minimum absolute atomic E-state index is 0.00789. The molecule has 0 rings (SSSR count). The van der Waals surface area contributed by atoms with Crippen molar-refractivity contribution in [2.75, 3.05) is 6.54 Å². The predicted octanol–water partition coefficient (Wildman–Crippen LogP) is 5.89. The third kappa shape index (κ3) is 14.5. The molecular formula is C24H41N5O3. The zero-order valence-corrected chi connectivity index (χ0v) is 20.3. The molecule has 8 nitrogen and oxygen atoms in total. The second kappa shape index (κ2) is 16.2. The smallest absolute Gasteiger partial charge is 0.338 e. The molecule has 0 aliphatic rings. The number of nitrogens with one attached hydrogen (secondary N) is 1. The number of rotatable bonds is 18. The van der Waals surface area contributed by atoms with E-state index in [1.807, 2.05) is 0 Å². The summed E-state index contributed by atoms with van der Waals surface area (Å²) in [5, 5.41) is 29.2. The van der Waals surface area contributed by atoms with E-state index in [1.165, 1.54) is 51.9 Å². The number of carbonyl (C=O) groups excluding carboxylic acids is 1. The number of aliphatic carboxylic acids is 1. The van der Waals surface area contributed by atoms with Gasteiger partial charge in [0.2, 0.25) is 5.91 Å². The van der Waals surface area contributed by atoms with Crippen molar-refractivity contribution in [1.82, 2.24) is 5.32 Å². The van der Waals surface area contributed by atoms with E-state index in [9.17, 15) is 14.9 Å². The minimum atomic E-state index is -1.33. The summed E-state index contributed by atoms with van der Waals surface area (Å²) >= 11 is 0. The highest BCUT2D eigenvalue weighted by Gasteiger charge is 2.33. The van der Waals surface area contributed by atoms with Crippen LogP contribution in [-0.2, 0) is 9.59 Å². The van der Waals surface area contributed by atoms with Gasteiger partial charge in [-0.1, -0.05) is 58.8 Å². The van der Waals surface area contributed by atoms with Crippen molar-refractivity contribution in [3.8, 4) is 6.07 Å². The van der Waals surface area contributed by atoms with Gasteiger partial charge in [-0.15, -0.1) is 5.11 Å². The van der Waals surface area contributed by atoms with E-state index in [2.05, 4.69) is 40.3 Å². The zero-order valence-electron chi connectivity index (χ0n) is 20.3. The third-order valence-electron chi connectivity index (χ3n) is 5.57. The first-order valence-electron chi connectivity index (χ1n) is 11.8. The van der Waals surface area contributed by atoms with E-state index in [0.29, 0.717) is 12.5 Å². The molecule has 0 fully saturated rings. The molecule has 0 aromatic rings.